The monoisotopic (exact) mass is 432 g/mol. The van der Waals surface area contributed by atoms with Gasteiger partial charge in [-0.15, -0.1) is 0 Å². The molecule has 2 fully saturated rings. The standard InChI is InChI=1S/C22H26Cl2N4O/c1-13-19(15-4-3-5-16(23)18(15)24)27-17(12-29)21(26-13)28-10-8-22(2,9-11-28)20(25)14-6-7-14/h3-5,14,25,29H,6-12H2,1-2H3. The van der Waals surface area contributed by atoms with Crippen LogP contribution in [0.4, 0.5) is 5.82 Å². The van der Waals surface area contributed by atoms with Crippen LogP contribution < -0.4 is 4.90 Å². The van der Waals surface area contributed by atoms with Gasteiger partial charge in [-0.05, 0) is 44.6 Å². The van der Waals surface area contributed by atoms with E-state index in [2.05, 4.69) is 11.8 Å². The molecule has 0 radical (unpaired) electrons. The van der Waals surface area contributed by atoms with E-state index in [9.17, 15) is 5.11 Å². The number of piperidine rings is 1. The molecule has 4 rings (SSSR count). The summed E-state index contributed by atoms with van der Waals surface area (Å²) in [5.41, 5.74) is 3.56. The zero-order valence-corrected chi connectivity index (χ0v) is 18.3. The molecule has 1 aromatic carbocycles. The molecule has 154 valence electrons. The lowest BCUT2D eigenvalue weighted by molar-refractivity contribution is 0.275. The number of aryl methyl sites for hydroxylation is 1. The fraction of sp³-hybridized carbons (Fsp3) is 0.500. The second-order valence-electron chi connectivity index (χ2n) is 8.42. The van der Waals surface area contributed by atoms with Gasteiger partial charge in [0.1, 0.15) is 5.69 Å². The van der Waals surface area contributed by atoms with Crippen LogP contribution in [-0.2, 0) is 6.61 Å². The Morgan fingerprint density at radius 1 is 1.24 bits per heavy atom. The summed E-state index contributed by atoms with van der Waals surface area (Å²) in [4.78, 5) is 11.7. The molecule has 1 aliphatic heterocycles. The zero-order chi connectivity index (χ0) is 20.8. The third-order valence-electron chi connectivity index (χ3n) is 6.28. The minimum Gasteiger partial charge on any atom is -0.390 e. The summed E-state index contributed by atoms with van der Waals surface area (Å²) < 4.78 is 0. The van der Waals surface area contributed by atoms with Crippen molar-refractivity contribution in [3.05, 3.63) is 39.6 Å². The maximum Gasteiger partial charge on any atom is 0.153 e. The highest BCUT2D eigenvalue weighted by Crippen LogP contribution is 2.43. The van der Waals surface area contributed by atoms with Crippen LogP contribution in [0.25, 0.3) is 11.3 Å². The third kappa shape index (κ3) is 3.88. The van der Waals surface area contributed by atoms with E-state index in [1.165, 1.54) is 12.8 Å². The molecule has 1 aliphatic carbocycles. The van der Waals surface area contributed by atoms with Crippen LogP contribution in [0.5, 0.6) is 0 Å². The second kappa shape index (κ2) is 7.86. The van der Waals surface area contributed by atoms with Crippen LogP contribution in [0, 0.1) is 23.7 Å². The quantitative estimate of drug-likeness (QED) is 0.629. The van der Waals surface area contributed by atoms with Crippen molar-refractivity contribution in [2.75, 3.05) is 18.0 Å². The molecule has 0 spiro atoms. The van der Waals surface area contributed by atoms with Gasteiger partial charge in [0, 0.05) is 29.8 Å². The van der Waals surface area contributed by atoms with Crippen molar-refractivity contribution in [3.63, 3.8) is 0 Å². The highest BCUT2D eigenvalue weighted by Gasteiger charge is 2.41. The summed E-state index contributed by atoms with van der Waals surface area (Å²) in [5.74, 6) is 1.23. The summed E-state index contributed by atoms with van der Waals surface area (Å²) in [7, 11) is 0. The van der Waals surface area contributed by atoms with Gasteiger partial charge in [-0.1, -0.05) is 42.3 Å². The van der Waals surface area contributed by atoms with Crippen molar-refractivity contribution < 1.29 is 5.11 Å². The maximum absolute atomic E-state index is 9.98. The molecule has 2 heterocycles. The Kier molecular flexibility index (Phi) is 5.58. The molecule has 2 aliphatic rings. The number of aromatic nitrogens is 2. The van der Waals surface area contributed by atoms with Crippen LogP contribution in [0.3, 0.4) is 0 Å². The Hall–Kier alpha value is -1.69. The minimum atomic E-state index is -0.195. The maximum atomic E-state index is 9.98. The molecular formula is C22H26Cl2N4O. The predicted molar refractivity (Wildman–Crippen MR) is 118 cm³/mol. The van der Waals surface area contributed by atoms with Gasteiger partial charge in [-0.2, -0.15) is 0 Å². The molecule has 1 saturated carbocycles. The van der Waals surface area contributed by atoms with Crippen LogP contribution >= 0.6 is 23.2 Å². The minimum absolute atomic E-state index is 0.0201. The summed E-state index contributed by atoms with van der Waals surface area (Å²) in [6.45, 7) is 5.55. The van der Waals surface area contributed by atoms with Gasteiger partial charge in [0.15, 0.2) is 5.82 Å². The molecule has 0 amide bonds. The van der Waals surface area contributed by atoms with Gasteiger partial charge < -0.3 is 15.4 Å². The van der Waals surface area contributed by atoms with E-state index in [0.717, 1.165) is 48.7 Å². The Bertz CT molecular complexity index is 950. The van der Waals surface area contributed by atoms with Crippen LogP contribution in [0.1, 0.15) is 44.0 Å². The van der Waals surface area contributed by atoms with Crippen molar-refractivity contribution in [1.82, 2.24) is 9.97 Å². The van der Waals surface area contributed by atoms with Crippen LogP contribution in [-0.4, -0.2) is 33.9 Å². The average molecular weight is 433 g/mol. The second-order valence-corrected chi connectivity index (χ2v) is 9.21. The molecule has 29 heavy (non-hydrogen) atoms. The normalized spacial score (nSPS) is 18.7. The number of nitrogens with zero attached hydrogens (tertiary/aromatic N) is 3. The molecule has 7 heteroatoms. The van der Waals surface area contributed by atoms with Crippen LogP contribution in [0.15, 0.2) is 18.2 Å². The summed E-state index contributed by atoms with van der Waals surface area (Å²) >= 11 is 12.5. The fourth-order valence-corrected chi connectivity index (χ4v) is 4.58. The number of halogens is 2. The first-order valence-electron chi connectivity index (χ1n) is 10.1. The smallest absolute Gasteiger partial charge is 0.153 e. The Labute approximate surface area is 181 Å². The number of benzene rings is 1. The van der Waals surface area contributed by atoms with Crippen molar-refractivity contribution >= 4 is 34.7 Å². The molecule has 5 nitrogen and oxygen atoms in total. The lowest BCUT2D eigenvalue weighted by atomic mass is 9.74. The van der Waals surface area contributed by atoms with Gasteiger partial charge in [0.25, 0.3) is 0 Å². The van der Waals surface area contributed by atoms with Crippen LogP contribution in [0.2, 0.25) is 10.0 Å². The highest BCUT2D eigenvalue weighted by atomic mass is 35.5. The number of rotatable bonds is 5. The van der Waals surface area contributed by atoms with E-state index >= 15 is 0 Å². The molecule has 2 aromatic rings. The lowest BCUT2D eigenvalue weighted by Gasteiger charge is -2.41. The number of hydrogen-bond donors (Lipinski definition) is 2. The highest BCUT2D eigenvalue weighted by molar-refractivity contribution is 6.43. The number of hydrogen-bond acceptors (Lipinski definition) is 5. The first-order valence-corrected chi connectivity index (χ1v) is 10.9. The first kappa shape index (κ1) is 20.6. The topological polar surface area (TPSA) is 73.1 Å². The summed E-state index contributed by atoms with van der Waals surface area (Å²) in [6.07, 6.45) is 4.20. The first-order chi connectivity index (χ1) is 13.8. The summed E-state index contributed by atoms with van der Waals surface area (Å²) in [5, 5.41) is 19.4. The predicted octanol–water partition coefficient (Wildman–Crippen LogP) is 5.29. The Balaban J connectivity index is 1.61. The number of nitrogens with one attached hydrogen (secondary N) is 1. The van der Waals surface area contributed by atoms with Crippen molar-refractivity contribution in [3.8, 4) is 11.3 Å². The fourth-order valence-electron chi connectivity index (χ4n) is 4.19. The zero-order valence-electron chi connectivity index (χ0n) is 16.8. The largest absolute Gasteiger partial charge is 0.390 e. The third-order valence-corrected chi connectivity index (χ3v) is 7.10. The number of anilines is 1. The Morgan fingerprint density at radius 2 is 1.93 bits per heavy atom. The molecule has 0 bridgehead atoms. The SMILES string of the molecule is Cc1nc(N2CCC(C)(C(=N)C3CC3)CC2)c(CO)nc1-c1cccc(Cl)c1Cl. The van der Waals surface area contributed by atoms with E-state index in [1.54, 1.807) is 6.07 Å². The van der Waals surface area contributed by atoms with E-state index in [0.29, 0.717) is 27.4 Å². The van der Waals surface area contributed by atoms with Gasteiger partial charge in [-0.3, -0.25) is 0 Å². The number of aliphatic hydroxyl groups excluding tert-OH is 1. The van der Waals surface area contributed by atoms with E-state index in [4.69, 9.17) is 38.6 Å². The van der Waals surface area contributed by atoms with E-state index in [1.807, 2.05) is 19.1 Å². The average Bonchev–Trinajstić information content (AvgIpc) is 3.55. The molecule has 1 saturated heterocycles. The van der Waals surface area contributed by atoms with Gasteiger partial charge in [-0.25, -0.2) is 9.97 Å². The molecule has 0 atom stereocenters. The summed E-state index contributed by atoms with van der Waals surface area (Å²) in [6, 6.07) is 5.43. The molecule has 1 aromatic heterocycles. The van der Waals surface area contributed by atoms with Gasteiger partial charge in [0.2, 0.25) is 0 Å². The molecule has 0 unspecified atom stereocenters. The van der Waals surface area contributed by atoms with Crippen molar-refractivity contribution in [1.29, 1.82) is 5.41 Å². The van der Waals surface area contributed by atoms with Crippen molar-refractivity contribution in [2.24, 2.45) is 11.3 Å². The van der Waals surface area contributed by atoms with Crippen molar-refractivity contribution in [2.45, 2.75) is 46.1 Å². The van der Waals surface area contributed by atoms with E-state index in [-0.39, 0.29) is 12.0 Å². The lowest BCUT2D eigenvalue weighted by Crippen LogP contribution is -2.44. The van der Waals surface area contributed by atoms with E-state index < -0.39 is 0 Å². The van der Waals surface area contributed by atoms with Gasteiger partial charge >= 0.3 is 0 Å². The van der Waals surface area contributed by atoms with Gasteiger partial charge in [0.05, 0.1) is 28.0 Å². The Morgan fingerprint density at radius 3 is 2.55 bits per heavy atom. The molecule has 2 N–H and O–H groups in total. The number of aliphatic hydroxyl groups is 1. The molecular weight excluding hydrogens is 407 g/mol.